The monoisotopic (exact) mass is 330 g/mol. The summed E-state index contributed by atoms with van der Waals surface area (Å²) in [6.07, 6.45) is 9.65. The van der Waals surface area contributed by atoms with Crippen molar-refractivity contribution in [2.24, 2.45) is 0 Å². The molecule has 2 aromatic heterocycles. The van der Waals surface area contributed by atoms with E-state index in [-0.39, 0.29) is 0 Å². The summed E-state index contributed by atoms with van der Waals surface area (Å²) < 4.78 is 7.65. The molecular weight excluding hydrogens is 304 g/mol. The lowest BCUT2D eigenvalue weighted by atomic mass is 9.97. The molecule has 1 atom stereocenters. The molecule has 1 saturated heterocycles. The van der Waals surface area contributed by atoms with Crippen LogP contribution in [0.2, 0.25) is 0 Å². The lowest BCUT2D eigenvalue weighted by Gasteiger charge is -2.33. The predicted octanol–water partition coefficient (Wildman–Crippen LogP) is 1.63. The van der Waals surface area contributed by atoms with Crippen LogP contribution in [0.3, 0.4) is 0 Å². The third kappa shape index (κ3) is 3.67. The van der Waals surface area contributed by atoms with Crippen LogP contribution in [0.4, 0.5) is 5.82 Å². The molecule has 0 bridgehead atoms. The largest absolute Gasteiger partial charge is 0.478 e. The van der Waals surface area contributed by atoms with Gasteiger partial charge >= 0.3 is 0 Å². The summed E-state index contributed by atoms with van der Waals surface area (Å²) in [5.74, 6) is 3.00. The smallest absolute Gasteiger partial charge is 0.257 e. The first-order chi connectivity index (χ1) is 11.7. The molecule has 0 amide bonds. The number of ether oxygens (including phenoxy) is 1. The van der Waals surface area contributed by atoms with Crippen molar-refractivity contribution < 1.29 is 4.74 Å². The van der Waals surface area contributed by atoms with Gasteiger partial charge in [-0.25, -0.2) is 15.0 Å². The molecule has 3 heterocycles. The van der Waals surface area contributed by atoms with Crippen molar-refractivity contribution in [1.82, 2.24) is 24.4 Å². The number of hydrogen-bond donors (Lipinski definition) is 0. The second kappa shape index (κ2) is 7.61. The van der Waals surface area contributed by atoms with E-state index < -0.39 is 0 Å². The second-order valence-corrected chi connectivity index (χ2v) is 6.46. The third-order valence-electron chi connectivity index (χ3n) is 4.46. The minimum Gasteiger partial charge on any atom is -0.478 e. The topological polar surface area (TPSA) is 59.3 Å². The normalized spacial score (nSPS) is 18.2. The predicted molar refractivity (Wildman–Crippen MR) is 93.6 cm³/mol. The Labute approximate surface area is 143 Å². The van der Waals surface area contributed by atoms with Crippen LogP contribution >= 0.6 is 0 Å². The van der Waals surface area contributed by atoms with Crippen LogP contribution in [0, 0.1) is 0 Å². The number of aromatic nitrogens is 4. The van der Waals surface area contributed by atoms with Crippen LogP contribution in [0.15, 0.2) is 24.8 Å². The van der Waals surface area contributed by atoms with E-state index in [9.17, 15) is 0 Å². The van der Waals surface area contributed by atoms with Gasteiger partial charge in [-0.1, -0.05) is 0 Å². The molecule has 2 aromatic rings. The van der Waals surface area contributed by atoms with Crippen molar-refractivity contribution in [3.63, 3.8) is 0 Å². The molecule has 0 N–H and O–H groups in total. The average Bonchev–Trinajstić information content (AvgIpc) is 3.08. The Morgan fingerprint density at radius 2 is 2.04 bits per heavy atom. The van der Waals surface area contributed by atoms with Gasteiger partial charge in [0, 0.05) is 56.9 Å². The average molecular weight is 330 g/mol. The first-order valence-corrected chi connectivity index (χ1v) is 8.44. The molecule has 24 heavy (non-hydrogen) atoms. The third-order valence-corrected chi connectivity index (χ3v) is 4.46. The summed E-state index contributed by atoms with van der Waals surface area (Å²) >= 11 is 0. The minimum atomic E-state index is 0.405. The van der Waals surface area contributed by atoms with E-state index in [1.165, 1.54) is 5.82 Å². The number of piperidine rings is 1. The van der Waals surface area contributed by atoms with Crippen molar-refractivity contribution in [2.75, 3.05) is 45.7 Å². The molecule has 130 valence electrons. The van der Waals surface area contributed by atoms with Gasteiger partial charge in [-0.2, -0.15) is 0 Å². The SMILES string of the molecule is COc1nccnc1N1CCC[C@H](c2nccn2CCN(C)C)C1. The molecule has 3 rings (SSSR count). The highest BCUT2D eigenvalue weighted by Crippen LogP contribution is 2.31. The van der Waals surface area contributed by atoms with Gasteiger partial charge in [0.2, 0.25) is 0 Å². The van der Waals surface area contributed by atoms with Crippen LogP contribution < -0.4 is 9.64 Å². The number of anilines is 1. The highest BCUT2D eigenvalue weighted by Gasteiger charge is 2.27. The van der Waals surface area contributed by atoms with Crippen LogP contribution in [0.1, 0.15) is 24.6 Å². The van der Waals surface area contributed by atoms with Gasteiger partial charge in [-0.15, -0.1) is 0 Å². The molecule has 7 heteroatoms. The summed E-state index contributed by atoms with van der Waals surface area (Å²) in [5.41, 5.74) is 0. The van der Waals surface area contributed by atoms with Crippen LogP contribution in [0.5, 0.6) is 5.88 Å². The van der Waals surface area contributed by atoms with E-state index in [1.807, 2.05) is 6.20 Å². The number of hydrogen-bond acceptors (Lipinski definition) is 6. The van der Waals surface area contributed by atoms with Crippen LogP contribution in [0.25, 0.3) is 0 Å². The fourth-order valence-corrected chi connectivity index (χ4v) is 3.24. The van der Waals surface area contributed by atoms with Gasteiger partial charge in [-0.3, -0.25) is 0 Å². The molecule has 1 fully saturated rings. The molecule has 1 aliphatic rings. The fourth-order valence-electron chi connectivity index (χ4n) is 3.24. The van der Waals surface area contributed by atoms with Crippen molar-refractivity contribution in [2.45, 2.75) is 25.3 Å². The quantitative estimate of drug-likeness (QED) is 0.802. The molecular formula is C17H26N6O. The molecule has 0 aliphatic carbocycles. The van der Waals surface area contributed by atoms with Gasteiger partial charge in [0.25, 0.3) is 5.88 Å². The maximum absolute atomic E-state index is 5.37. The van der Waals surface area contributed by atoms with E-state index in [2.05, 4.69) is 49.6 Å². The Balaban J connectivity index is 1.75. The molecule has 0 spiro atoms. The van der Waals surface area contributed by atoms with Crippen LogP contribution in [-0.4, -0.2) is 65.3 Å². The first kappa shape index (κ1) is 16.7. The fraction of sp³-hybridized carbons (Fsp3) is 0.588. The zero-order valence-corrected chi connectivity index (χ0v) is 14.7. The van der Waals surface area contributed by atoms with E-state index in [0.717, 1.165) is 44.8 Å². The summed E-state index contributed by atoms with van der Waals surface area (Å²) in [4.78, 5) is 17.9. The Bertz CT molecular complexity index is 656. The Morgan fingerprint density at radius 3 is 2.83 bits per heavy atom. The van der Waals surface area contributed by atoms with Gasteiger partial charge in [0.1, 0.15) is 5.82 Å². The van der Waals surface area contributed by atoms with E-state index >= 15 is 0 Å². The standard InChI is InChI=1S/C17H26N6O/c1-21(2)11-12-22-10-8-19-15(22)14-5-4-9-23(13-14)16-17(24-3)20-7-6-18-16/h6-8,10,14H,4-5,9,11-13H2,1-3H3/t14-/m0/s1. The zero-order valence-electron chi connectivity index (χ0n) is 14.7. The summed E-state index contributed by atoms with van der Waals surface area (Å²) in [6, 6.07) is 0. The number of rotatable bonds is 6. The van der Waals surface area contributed by atoms with Crippen molar-refractivity contribution >= 4 is 5.82 Å². The van der Waals surface area contributed by atoms with Gasteiger partial charge in [0.15, 0.2) is 5.82 Å². The first-order valence-electron chi connectivity index (χ1n) is 8.44. The van der Waals surface area contributed by atoms with Gasteiger partial charge in [0.05, 0.1) is 7.11 Å². The summed E-state index contributed by atoms with van der Waals surface area (Å²) in [5, 5.41) is 0. The van der Waals surface area contributed by atoms with E-state index in [0.29, 0.717) is 11.8 Å². The van der Waals surface area contributed by atoms with E-state index in [1.54, 1.807) is 19.5 Å². The number of methoxy groups -OCH3 is 1. The molecule has 0 aromatic carbocycles. The molecule has 0 unspecified atom stereocenters. The van der Waals surface area contributed by atoms with Crippen molar-refractivity contribution in [1.29, 1.82) is 0 Å². The second-order valence-electron chi connectivity index (χ2n) is 6.46. The maximum Gasteiger partial charge on any atom is 0.257 e. The van der Waals surface area contributed by atoms with Crippen molar-refractivity contribution in [3.05, 3.63) is 30.6 Å². The summed E-state index contributed by atoms with van der Waals surface area (Å²) in [7, 11) is 5.83. The molecule has 0 saturated carbocycles. The molecule has 0 radical (unpaired) electrons. The minimum absolute atomic E-state index is 0.405. The van der Waals surface area contributed by atoms with Crippen molar-refractivity contribution in [3.8, 4) is 5.88 Å². The van der Waals surface area contributed by atoms with E-state index in [4.69, 9.17) is 4.74 Å². The zero-order chi connectivity index (χ0) is 16.9. The Hall–Kier alpha value is -2.15. The van der Waals surface area contributed by atoms with Gasteiger partial charge in [-0.05, 0) is 26.9 Å². The number of imidazole rings is 1. The molecule has 1 aliphatic heterocycles. The number of nitrogens with zero attached hydrogens (tertiary/aromatic N) is 6. The Kier molecular flexibility index (Phi) is 5.30. The highest BCUT2D eigenvalue weighted by atomic mass is 16.5. The Morgan fingerprint density at radius 1 is 1.21 bits per heavy atom. The maximum atomic E-state index is 5.37. The number of likely N-dealkylation sites (N-methyl/N-ethyl adjacent to an activating group) is 1. The van der Waals surface area contributed by atoms with Gasteiger partial charge < -0.3 is 19.1 Å². The lowest BCUT2D eigenvalue weighted by molar-refractivity contribution is 0.371. The highest BCUT2D eigenvalue weighted by molar-refractivity contribution is 5.48. The molecule has 7 nitrogen and oxygen atoms in total. The summed E-state index contributed by atoms with van der Waals surface area (Å²) in [6.45, 7) is 3.85. The van der Waals surface area contributed by atoms with Crippen LogP contribution in [-0.2, 0) is 6.54 Å². The lowest BCUT2D eigenvalue weighted by Crippen LogP contribution is -2.36.